The van der Waals surface area contributed by atoms with Crippen LogP contribution < -0.4 is 10.6 Å². The van der Waals surface area contributed by atoms with Gasteiger partial charge in [-0.15, -0.1) is 0 Å². The van der Waals surface area contributed by atoms with E-state index in [1.165, 1.54) is 0 Å². The third-order valence-corrected chi connectivity index (χ3v) is 5.48. The van der Waals surface area contributed by atoms with Crippen molar-refractivity contribution in [3.8, 4) is 0 Å². The van der Waals surface area contributed by atoms with E-state index in [0.717, 1.165) is 0 Å². The lowest BCUT2D eigenvalue weighted by Gasteiger charge is -2.16. The van der Waals surface area contributed by atoms with E-state index in [9.17, 15) is 22.8 Å². The predicted octanol–water partition coefficient (Wildman–Crippen LogP) is -0.819. The van der Waals surface area contributed by atoms with Gasteiger partial charge in [0.15, 0.2) is 9.84 Å². The van der Waals surface area contributed by atoms with Crippen LogP contribution >= 0.6 is 0 Å². The van der Waals surface area contributed by atoms with Gasteiger partial charge in [-0.05, 0) is 19.3 Å². The fourth-order valence-electron chi connectivity index (χ4n) is 2.03. The molecule has 1 heterocycles. The second-order valence-corrected chi connectivity index (χ2v) is 7.21. The molecule has 0 radical (unpaired) electrons. The SMILES string of the molecule is O=C(O)CCC(NC(=O)NCC1CCCS1(=O)=O)C(=O)O. The van der Waals surface area contributed by atoms with Crippen LogP contribution in [0.25, 0.3) is 0 Å². The smallest absolute Gasteiger partial charge is 0.326 e. The first-order valence-electron chi connectivity index (χ1n) is 6.43. The number of sulfone groups is 1. The van der Waals surface area contributed by atoms with Gasteiger partial charge >= 0.3 is 18.0 Å². The molecule has 120 valence electrons. The van der Waals surface area contributed by atoms with Gasteiger partial charge in [0.1, 0.15) is 6.04 Å². The van der Waals surface area contributed by atoms with Crippen molar-refractivity contribution in [3.63, 3.8) is 0 Å². The maximum atomic E-state index is 11.6. The minimum Gasteiger partial charge on any atom is -0.481 e. The van der Waals surface area contributed by atoms with E-state index in [1.54, 1.807) is 0 Å². The van der Waals surface area contributed by atoms with Crippen LogP contribution in [0.5, 0.6) is 0 Å². The molecule has 9 nitrogen and oxygen atoms in total. The second-order valence-electron chi connectivity index (χ2n) is 4.81. The molecule has 1 saturated heterocycles. The molecule has 2 unspecified atom stereocenters. The number of amides is 2. The second kappa shape index (κ2) is 7.25. The molecule has 2 amide bonds. The third-order valence-electron chi connectivity index (χ3n) is 3.20. The molecule has 0 bridgehead atoms. The zero-order valence-corrected chi connectivity index (χ0v) is 12.1. The molecular formula is C11H18N2O7S. The summed E-state index contributed by atoms with van der Waals surface area (Å²) in [5.41, 5.74) is 0. The van der Waals surface area contributed by atoms with E-state index < -0.39 is 45.5 Å². The van der Waals surface area contributed by atoms with Gasteiger partial charge in [-0.2, -0.15) is 0 Å². The maximum Gasteiger partial charge on any atom is 0.326 e. The highest BCUT2D eigenvalue weighted by molar-refractivity contribution is 7.92. The van der Waals surface area contributed by atoms with Gasteiger partial charge in [-0.1, -0.05) is 0 Å². The third kappa shape index (κ3) is 5.58. The Labute approximate surface area is 121 Å². The molecule has 0 aromatic carbocycles. The molecule has 2 atom stereocenters. The van der Waals surface area contributed by atoms with Gasteiger partial charge in [0.25, 0.3) is 0 Å². The lowest BCUT2D eigenvalue weighted by Crippen LogP contribution is -2.48. The minimum absolute atomic E-state index is 0.0839. The fraction of sp³-hybridized carbons (Fsp3) is 0.727. The molecule has 1 fully saturated rings. The van der Waals surface area contributed by atoms with Gasteiger partial charge in [-0.25, -0.2) is 18.0 Å². The van der Waals surface area contributed by atoms with Crippen molar-refractivity contribution in [2.24, 2.45) is 0 Å². The number of carboxylic acid groups (broad SMARTS) is 2. The van der Waals surface area contributed by atoms with Crippen LogP contribution in [0.1, 0.15) is 25.7 Å². The average Bonchev–Trinajstić information content (AvgIpc) is 2.70. The first kappa shape index (κ1) is 17.2. The summed E-state index contributed by atoms with van der Waals surface area (Å²) in [7, 11) is -3.19. The largest absolute Gasteiger partial charge is 0.481 e. The van der Waals surface area contributed by atoms with E-state index in [1.807, 2.05) is 0 Å². The topological polar surface area (TPSA) is 150 Å². The highest BCUT2D eigenvalue weighted by atomic mass is 32.2. The maximum absolute atomic E-state index is 11.6. The number of carboxylic acids is 2. The summed E-state index contributed by atoms with van der Waals surface area (Å²) in [6.07, 6.45) is 0.366. The zero-order valence-electron chi connectivity index (χ0n) is 11.2. The summed E-state index contributed by atoms with van der Waals surface area (Å²) in [5, 5.41) is 21.1. The van der Waals surface area contributed by atoms with Gasteiger partial charge in [0.05, 0.1) is 11.0 Å². The molecule has 0 aromatic rings. The highest BCUT2D eigenvalue weighted by Gasteiger charge is 2.31. The molecule has 1 rings (SSSR count). The number of carbonyl (C=O) groups is 3. The van der Waals surface area contributed by atoms with Gasteiger partial charge in [0, 0.05) is 13.0 Å². The zero-order chi connectivity index (χ0) is 16.0. The van der Waals surface area contributed by atoms with Crippen molar-refractivity contribution in [1.29, 1.82) is 0 Å². The van der Waals surface area contributed by atoms with Gasteiger partial charge in [0.2, 0.25) is 0 Å². The normalized spacial score (nSPS) is 21.4. The van der Waals surface area contributed by atoms with E-state index >= 15 is 0 Å². The first-order chi connectivity index (χ1) is 9.72. The summed E-state index contributed by atoms with van der Waals surface area (Å²) >= 11 is 0. The van der Waals surface area contributed by atoms with Crippen LogP contribution in [0.15, 0.2) is 0 Å². The summed E-state index contributed by atoms with van der Waals surface area (Å²) in [6, 6.07) is -2.16. The molecule has 1 aliphatic rings. The number of aliphatic carboxylic acids is 2. The predicted molar refractivity (Wildman–Crippen MR) is 71.6 cm³/mol. The van der Waals surface area contributed by atoms with Crippen molar-refractivity contribution in [2.75, 3.05) is 12.3 Å². The van der Waals surface area contributed by atoms with Crippen molar-refractivity contribution < 1.29 is 33.0 Å². The number of hydrogen-bond acceptors (Lipinski definition) is 5. The molecule has 21 heavy (non-hydrogen) atoms. The van der Waals surface area contributed by atoms with E-state index in [4.69, 9.17) is 10.2 Å². The number of nitrogens with one attached hydrogen (secondary N) is 2. The average molecular weight is 322 g/mol. The van der Waals surface area contributed by atoms with Gasteiger partial charge < -0.3 is 20.8 Å². The summed E-state index contributed by atoms with van der Waals surface area (Å²) in [5.74, 6) is -2.42. The van der Waals surface area contributed by atoms with Crippen molar-refractivity contribution in [2.45, 2.75) is 37.0 Å². The van der Waals surface area contributed by atoms with E-state index in [-0.39, 0.29) is 18.7 Å². The van der Waals surface area contributed by atoms with Crippen LogP contribution in [0.3, 0.4) is 0 Å². The molecule has 1 aliphatic heterocycles. The van der Waals surface area contributed by atoms with Crippen molar-refractivity contribution >= 4 is 27.8 Å². The number of urea groups is 1. The fourth-order valence-corrected chi connectivity index (χ4v) is 3.79. The molecule has 4 N–H and O–H groups in total. The standard InChI is InChI=1S/C11H18N2O7S/c14-9(15)4-3-8(10(16)17)13-11(18)12-6-7-2-1-5-21(7,19)20/h7-8H,1-6H2,(H,14,15)(H,16,17)(H2,12,13,18). The van der Waals surface area contributed by atoms with E-state index in [2.05, 4.69) is 10.6 Å². The Morgan fingerprint density at radius 2 is 1.90 bits per heavy atom. The van der Waals surface area contributed by atoms with Crippen molar-refractivity contribution in [1.82, 2.24) is 10.6 Å². The van der Waals surface area contributed by atoms with Crippen LogP contribution in [0.4, 0.5) is 4.79 Å². The number of rotatable bonds is 7. The molecule has 0 aromatic heterocycles. The van der Waals surface area contributed by atoms with Crippen LogP contribution in [0, 0.1) is 0 Å². The summed E-state index contributed by atoms with van der Waals surface area (Å²) < 4.78 is 23.1. The Morgan fingerprint density at radius 1 is 1.24 bits per heavy atom. The Morgan fingerprint density at radius 3 is 2.38 bits per heavy atom. The molecule has 0 saturated carbocycles. The first-order valence-corrected chi connectivity index (χ1v) is 8.14. The molecular weight excluding hydrogens is 304 g/mol. The summed E-state index contributed by atoms with van der Waals surface area (Å²) in [4.78, 5) is 32.8. The molecule has 10 heteroatoms. The minimum atomic E-state index is -3.19. The lowest BCUT2D eigenvalue weighted by molar-refractivity contribution is -0.140. The Hall–Kier alpha value is -1.84. The Bertz CT molecular complexity index is 517. The molecule has 0 spiro atoms. The summed E-state index contributed by atoms with van der Waals surface area (Å²) in [6.45, 7) is -0.0839. The van der Waals surface area contributed by atoms with Crippen LogP contribution in [0.2, 0.25) is 0 Å². The quantitative estimate of drug-likeness (QED) is 0.478. The number of carbonyl (C=O) groups excluding carboxylic acids is 1. The Balaban J connectivity index is 2.43. The van der Waals surface area contributed by atoms with E-state index in [0.29, 0.717) is 12.8 Å². The number of hydrogen-bond donors (Lipinski definition) is 4. The van der Waals surface area contributed by atoms with Crippen LogP contribution in [-0.2, 0) is 19.4 Å². The van der Waals surface area contributed by atoms with Gasteiger partial charge in [-0.3, -0.25) is 4.79 Å². The monoisotopic (exact) mass is 322 g/mol. The highest BCUT2D eigenvalue weighted by Crippen LogP contribution is 2.18. The lowest BCUT2D eigenvalue weighted by atomic mass is 10.1. The van der Waals surface area contributed by atoms with Crippen molar-refractivity contribution in [3.05, 3.63) is 0 Å². The molecule has 0 aliphatic carbocycles. The Kier molecular flexibility index (Phi) is 5.94. The van der Waals surface area contributed by atoms with Crippen LogP contribution in [-0.4, -0.2) is 60.2 Å².